The first-order valence-corrected chi connectivity index (χ1v) is 6.59. The third kappa shape index (κ3) is 2.28. The van der Waals surface area contributed by atoms with E-state index in [-0.39, 0.29) is 17.4 Å². The van der Waals surface area contributed by atoms with Gasteiger partial charge in [-0.1, -0.05) is 42.0 Å². The highest BCUT2D eigenvalue weighted by molar-refractivity contribution is 5.48. The quantitative estimate of drug-likeness (QED) is 0.773. The van der Waals surface area contributed by atoms with Gasteiger partial charge in [0.15, 0.2) is 0 Å². The molecule has 0 heterocycles. The van der Waals surface area contributed by atoms with Gasteiger partial charge in [-0.2, -0.15) is 0 Å². The Morgan fingerprint density at radius 1 is 0.950 bits per heavy atom. The molecule has 3 heteroatoms. The van der Waals surface area contributed by atoms with Crippen LogP contribution in [0.4, 0.5) is 0 Å². The molecule has 20 heavy (non-hydrogen) atoms. The van der Waals surface area contributed by atoms with Gasteiger partial charge in [-0.05, 0) is 30.2 Å². The minimum atomic E-state index is -0.616. The van der Waals surface area contributed by atoms with Crippen LogP contribution < -0.4 is 0 Å². The van der Waals surface area contributed by atoms with Crippen molar-refractivity contribution in [3.8, 4) is 5.75 Å². The van der Waals surface area contributed by atoms with Gasteiger partial charge in [0.25, 0.3) is 0 Å². The fraction of sp³-hybridized carbons (Fsp3) is 0.176. The highest BCUT2D eigenvalue weighted by atomic mass is 16.3. The second-order valence-corrected chi connectivity index (χ2v) is 5.11. The number of aliphatic hydroxyl groups excluding tert-OH is 2. The van der Waals surface area contributed by atoms with Crippen LogP contribution in [0.15, 0.2) is 71.6 Å². The van der Waals surface area contributed by atoms with Crippen molar-refractivity contribution in [2.75, 3.05) is 0 Å². The first-order valence-electron chi connectivity index (χ1n) is 6.59. The van der Waals surface area contributed by atoms with Crippen LogP contribution in [0.2, 0.25) is 0 Å². The van der Waals surface area contributed by atoms with Crippen LogP contribution in [0, 0.1) is 5.92 Å². The fourth-order valence-electron chi connectivity index (χ4n) is 2.74. The highest BCUT2D eigenvalue weighted by Crippen LogP contribution is 2.36. The summed E-state index contributed by atoms with van der Waals surface area (Å²) in [5, 5.41) is 29.4. The van der Waals surface area contributed by atoms with Crippen LogP contribution in [0.1, 0.15) is 5.56 Å². The smallest absolute Gasteiger partial charge is 0.119 e. The molecule has 2 unspecified atom stereocenters. The number of aromatic hydroxyl groups is 1. The Labute approximate surface area is 117 Å². The molecule has 0 radical (unpaired) electrons. The van der Waals surface area contributed by atoms with Gasteiger partial charge < -0.3 is 15.3 Å². The van der Waals surface area contributed by atoms with E-state index in [0.717, 1.165) is 16.7 Å². The number of hydrogen-bond acceptors (Lipinski definition) is 3. The van der Waals surface area contributed by atoms with Gasteiger partial charge in [0, 0.05) is 11.5 Å². The second kappa shape index (κ2) is 5.02. The van der Waals surface area contributed by atoms with E-state index in [1.54, 1.807) is 30.4 Å². The van der Waals surface area contributed by atoms with E-state index in [1.807, 2.05) is 24.3 Å². The maximum atomic E-state index is 10.2. The largest absolute Gasteiger partial charge is 0.508 e. The lowest BCUT2D eigenvalue weighted by Gasteiger charge is -2.30. The predicted molar refractivity (Wildman–Crippen MR) is 77.3 cm³/mol. The number of aliphatic hydroxyl groups is 2. The highest BCUT2D eigenvalue weighted by Gasteiger charge is 2.31. The average molecular weight is 268 g/mol. The third-order valence-electron chi connectivity index (χ3n) is 3.76. The molecule has 2 aliphatic rings. The molecule has 0 aromatic heterocycles. The number of phenols is 1. The maximum Gasteiger partial charge on any atom is 0.119 e. The molecule has 2 atom stereocenters. The summed E-state index contributed by atoms with van der Waals surface area (Å²) in [4.78, 5) is 0. The van der Waals surface area contributed by atoms with Crippen molar-refractivity contribution in [3.63, 3.8) is 0 Å². The summed E-state index contributed by atoms with van der Waals surface area (Å²) in [5.74, 6) is 0.261. The Morgan fingerprint density at radius 2 is 1.70 bits per heavy atom. The molecule has 0 aliphatic heterocycles. The van der Waals surface area contributed by atoms with Gasteiger partial charge in [-0.3, -0.25) is 0 Å². The monoisotopic (exact) mass is 268 g/mol. The second-order valence-electron chi connectivity index (χ2n) is 5.11. The molecule has 1 aromatic rings. The molecular weight excluding hydrogens is 252 g/mol. The third-order valence-corrected chi connectivity index (χ3v) is 3.76. The van der Waals surface area contributed by atoms with E-state index < -0.39 is 6.10 Å². The number of fused-ring (bicyclic) bond motifs is 1. The number of allylic oxidation sites excluding steroid dienone is 5. The Balaban J connectivity index is 1.91. The van der Waals surface area contributed by atoms with E-state index in [1.165, 1.54) is 0 Å². The lowest BCUT2D eigenvalue weighted by molar-refractivity contribution is 0.180. The summed E-state index contributed by atoms with van der Waals surface area (Å²) in [7, 11) is 0. The molecule has 3 N–H and O–H groups in total. The van der Waals surface area contributed by atoms with Gasteiger partial charge in [-0.25, -0.2) is 0 Å². The zero-order valence-electron chi connectivity index (χ0n) is 10.9. The Bertz CT molecular complexity index is 633. The number of phenolic OH excluding ortho intramolecular Hbond substituents is 1. The molecule has 0 spiro atoms. The summed E-state index contributed by atoms with van der Waals surface area (Å²) < 4.78 is 0. The van der Waals surface area contributed by atoms with Crippen molar-refractivity contribution in [2.45, 2.75) is 12.5 Å². The van der Waals surface area contributed by atoms with Crippen LogP contribution in [0.3, 0.4) is 0 Å². The predicted octanol–water partition coefficient (Wildman–Crippen LogP) is 2.79. The van der Waals surface area contributed by atoms with Crippen LogP contribution >= 0.6 is 0 Å². The minimum Gasteiger partial charge on any atom is -0.508 e. The lowest BCUT2D eigenvalue weighted by Crippen LogP contribution is -2.27. The van der Waals surface area contributed by atoms with E-state index in [4.69, 9.17) is 0 Å². The topological polar surface area (TPSA) is 60.7 Å². The van der Waals surface area contributed by atoms with E-state index >= 15 is 0 Å². The molecule has 0 bridgehead atoms. The summed E-state index contributed by atoms with van der Waals surface area (Å²) in [6.45, 7) is 0. The molecule has 0 fully saturated rings. The first-order chi connectivity index (χ1) is 9.65. The van der Waals surface area contributed by atoms with Crippen molar-refractivity contribution < 1.29 is 15.3 Å². The van der Waals surface area contributed by atoms with Crippen molar-refractivity contribution in [1.29, 1.82) is 0 Å². The number of hydrogen-bond donors (Lipinski definition) is 3. The van der Waals surface area contributed by atoms with Gasteiger partial charge in [0.2, 0.25) is 0 Å². The normalized spacial score (nSPS) is 24.6. The molecule has 0 saturated carbocycles. The van der Waals surface area contributed by atoms with Crippen molar-refractivity contribution in [1.82, 2.24) is 0 Å². The van der Waals surface area contributed by atoms with Gasteiger partial charge in [-0.15, -0.1) is 0 Å². The van der Waals surface area contributed by atoms with E-state index in [2.05, 4.69) is 0 Å². The van der Waals surface area contributed by atoms with Crippen molar-refractivity contribution in [2.24, 2.45) is 5.92 Å². The van der Waals surface area contributed by atoms with Gasteiger partial charge >= 0.3 is 0 Å². The van der Waals surface area contributed by atoms with Crippen LogP contribution in [-0.2, 0) is 6.42 Å². The lowest BCUT2D eigenvalue weighted by atomic mass is 9.77. The summed E-state index contributed by atoms with van der Waals surface area (Å²) in [5.41, 5.74) is 2.87. The molecule has 2 aliphatic carbocycles. The van der Waals surface area contributed by atoms with Gasteiger partial charge in [0.05, 0.1) is 6.10 Å². The Kier molecular flexibility index (Phi) is 3.20. The fourth-order valence-corrected chi connectivity index (χ4v) is 2.74. The average Bonchev–Trinajstić information content (AvgIpc) is 2.45. The van der Waals surface area contributed by atoms with Crippen molar-refractivity contribution in [3.05, 3.63) is 77.1 Å². The SMILES string of the molecule is OC1=CC=C(Cc2ccc(O)cc2)C2C1=CC=CC2O. The standard InChI is InChI=1S/C17H16O3/c18-13-7-4-11(5-8-13)10-12-6-9-15(19)14-2-1-3-16(20)17(12)14/h1-9,16-20H,10H2. The Morgan fingerprint density at radius 3 is 2.45 bits per heavy atom. The zero-order chi connectivity index (χ0) is 14.1. The molecule has 3 nitrogen and oxygen atoms in total. The van der Waals surface area contributed by atoms with Gasteiger partial charge in [0.1, 0.15) is 11.5 Å². The molecule has 0 saturated heterocycles. The molecular formula is C17H16O3. The van der Waals surface area contributed by atoms with Crippen LogP contribution in [-0.4, -0.2) is 21.4 Å². The minimum absolute atomic E-state index is 0.196. The maximum absolute atomic E-state index is 10.2. The summed E-state index contributed by atoms with van der Waals surface area (Å²) in [6, 6.07) is 7.03. The molecule has 0 amide bonds. The number of benzene rings is 1. The summed E-state index contributed by atoms with van der Waals surface area (Å²) in [6.07, 6.45) is 8.94. The molecule has 102 valence electrons. The Hall–Kier alpha value is -2.26. The molecule has 3 rings (SSSR count). The molecule has 1 aromatic carbocycles. The van der Waals surface area contributed by atoms with Crippen LogP contribution in [0.25, 0.3) is 0 Å². The van der Waals surface area contributed by atoms with E-state index in [9.17, 15) is 15.3 Å². The van der Waals surface area contributed by atoms with Crippen molar-refractivity contribution >= 4 is 0 Å². The summed E-state index contributed by atoms with van der Waals surface area (Å²) >= 11 is 0. The van der Waals surface area contributed by atoms with E-state index in [0.29, 0.717) is 6.42 Å². The zero-order valence-corrected chi connectivity index (χ0v) is 10.9. The van der Waals surface area contributed by atoms with Crippen LogP contribution in [0.5, 0.6) is 5.75 Å². The first kappa shape index (κ1) is 12.8. The number of rotatable bonds is 2.